The van der Waals surface area contributed by atoms with E-state index in [2.05, 4.69) is 16.5 Å². The Balaban J connectivity index is 2.87. The minimum atomic E-state index is -0.575. The highest BCUT2D eigenvalue weighted by atomic mass is 16.5. The Morgan fingerprint density at radius 2 is 2.06 bits per heavy atom. The summed E-state index contributed by atoms with van der Waals surface area (Å²) in [6.45, 7) is 2.09. The van der Waals surface area contributed by atoms with Crippen molar-refractivity contribution in [2.75, 3.05) is 7.11 Å². The molecule has 0 fully saturated rings. The lowest BCUT2D eigenvalue weighted by molar-refractivity contribution is -0.137. The number of hydrogen-bond donors (Lipinski definition) is 0. The van der Waals surface area contributed by atoms with Gasteiger partial charge in [-0.2, -0.15) is 4.79 Å². The molecule has 1 rings (SSSR count). The van der Waals surface area contributed by atoms with Crippen LogP contribution in [0.15, 0.2) is 30.3 Å². The van der Waals surface area contributed by atoms with Crippen LogP contribution in [-0.2, 0) is 9.53 Å². The number of rotatable bonds is 6. The molecule has 1 unspecified atom stereocenters. The standard InChI is InChI=1S/C14H18N2O2/c1-3-7-12(11-8-5-4-6-9-11)10-13(16-15)14(17)18-2/h4-6,8-9,12H,3,7,10H2,1-2H3. The van der Waals surface area contributed by atoms with Gasteiger partial charge in [-0.25, -0.2) is 4.79 Å². The molecule has 0 aromatic heterocycles. The maximum Gasteiger partial charge on any atom is 0.416 e. The van der Waals surface area contributed by atoms with E-state index < -0.39 is 5.97 Å². The molecule has 0 spiro atoms. The Hall–Kier alpha value is -1.93. The highest BCUT2D eigenvalue weighted by Crippen LogP contribution is 2.25. The van der Waals surface area contributed by atoms with Gasteiger partial charge < -0.3 is 10.3 Å². The van der Waals surface area contributed by atoms with Crippen molar-refractivity contribution in [2.45, 2.75) is 32.1 Å². The molecule has 0 saturated heterocycles. The third kappa shape index (κ3) is 3.82. The van der Waals surface area contributed by atoms with Crippen molar-refractivity contribution in [1.29, 1.82) is 0 Å². The fourth-order valence-electron chi connectivity index (χ4n) is 1.98. The molecule has 0 saturated carbocycles. The van der Waals surface area contributed by atoms with Crippen LogP contribution in [0.5, 0.6) is 0 Å². The molecular weight excluding hydrogens is 228 g/mol. The predicted octanol–water partition coefficient (Wildman–Crippen LogP) is 2.80. The van der Waals surface area contributed by atoms with Gasteiger partial charge in [-0.05, 0) is 17.9 Å². The van der Waals surface area contributed by atoms with E-state index in [4.69, 9.17) is 5.53 Å². The molecule has 0 amide bonds. The van der Waals surface area contributed by atoms with Crippen molar-refractivity contribution in [2.24, 2.45) is 0 Å². The lowest BCUT2D eigenvalue weighted by atomic mass is 9.89. The molecule has 1 aromatic rings. The monoisotopic (exact) mass is 246 g/mol. The number of carbonyl (C=O) groups excluding carboxylic acids is 1. The van der Waals surface area contributed by atoms with E-state index in [1.807, 2.05) is 30.3 Å². The van der Waals surface area contributed by atoms with Crippen molar-refractivity contribution in [3.8, 4) is 0 Å². The van der Waals surface area contributed by atoms with Gasteiger partial charge in [-0.3, -0.25) is 0 Å². The van der Waals surface area contributed by atoms with Gasteiger partial charge in [0.05, 0.1) is 13.5 Å². The molecule has 0 aliphatic rings. The maximum absolute atomic E-state index is 11.4. The summed E-state index contributed by atoms with van der Waals surface area (Å²) in [6, 6.07) is 9.92. The molecule has 0 radical (unpaired) electrons. The molecule has 4 nitrogen and oxygen atoms in total. The lowest BCUT2D eigenvalue weighted by Crippen LogP contribution is -2.20. The molecule has 4 heteroatoms. The Morgan fingerprint density at radius 1 is 1.39 bits per heavy atom. The lowest BCUT2D eigenvalue weighted by Gasteiger charge is -2.13. The van der Waals surface area contributed by atoms with Crippen LogP contribution in [0.3, 0.4) is 0 Å². The third-order valence-electron chi connectivity index (χ3n) is 2.89. The van der Waals surface area contributed by atoms with Crippen molar-refractivity contribution in [3.63, 3.8) is 0 Å². The number of benzene rings is 1. The largest absolute Gasteiger partial charge is 0.460 e. The van der Waals surface area contributed by atoms with E-state index in [9.17, 15) is 4.79 Å². The summed E-state index contributed by atoms with van der Waals surface area (Å²) in [7, 11) is 1.28. The first kappa shape index (κ1) is 14.1. The Labute approximate surface area is 107 Å². The number of nitrogens with zero attached hydrogens (tertiary/aromatic N) is 2. The van der Waals surface area contributed by atoms with E-state index in [0.29, 0.717) is 6.42 Å². The van der Waals surface area contributed by atoms with Gasteiger partial charge in [-0.1, -0.05) is 43.7 Å². The zero-order valence-corrected chi connectivity index (χ0v) is 10.8. The van der Waals surface area contributed by atoms with Crippen LogP contribution in [-0.4, -0.2) is 23.6 Å². The average molecular weight is 246 g/mol. The van der Waals surface area contributed by atoms with Gasteiger partial charge >= 0.3 is 11.7 Å². The smallest absolute Gasteiger partial charge is 0.416 e. The zero-order valence-electron chi connectivity index (χ0n) is 10.8. The van der Waals surface area contributed by atoms with E-state index in [1.165, 1.54) is 7.11 Å². The molecule has 18 heavy (non-hydrogen) atoms. The number of methoxy groups -OCH3 is 1. The first-order chi connectivity index (χ1) is 8.72. The van der Waals surface area contributed by atoms with Crippen LogP contribution < -0.4 is 0 Å². The average Bonchev–Trinajstić information content (AvgIpc) is 2.43. The first-order valence-electron chi connectivity index (χ1n) is 6.07. The second kappa shape index (κ2) is 7.41. The minimum absolute atomic E-state index is 0.0693. The zero-order chi connectivity index (χ0) is 13.4. The highest BCUT2D eigenvalue weighted by molar-refractivity contribution is 6.33. The molecule has 0 bridgehead atoms. The van der Waals surface area contributed by atoms with Gasteiger partial charge in [0.2, 0.25) is 0 Å². The second-order valence-electron chi connectivity index (χ2n) is 4.14. The van der Waals surface area contributed by atoms with E-state index in [1.54, 1.807) is 0 Å². The van der Waals surface area contributed by atoms with Crippen molar-refractivity contribution in [1.82, 2.24) is 0 Å². The molecule has 0 N–H and O–H groups in total. The molecule has 1 aromatic carbocycles. The topological polar surface area (TPSA) is 62.7 Å². The third-order valence-corrected chi connectivity index (χ3v) is 2.89. The number of hydrogen-bond acceptors (Lipinski definition) is 2. The van der Waals surface area contributed by atoms with Gasteiger partial charge in [0.1, 0.15) is 0 Å². The van der Waals surface area contributed by atoms with Crippen LogP contribution >= 0.6 is 0 Å². The van der Waals surface area contributed by atoms with E-state index in [0.717, 1.165) is 18.4 Å². The molecule has 0 aliphatic heterocycles. The Morgan fingerprint density at radius 3 is 2.56 bits per heavy atom. The van der Waals surface area contributed by atoms with Crippen molar-refractivity contribution in [3.05, 3.63) is 41.4 Å². The number of esters is 1. The summed E-state index contributed by atoms with van der Waals surface area (Å²) in [6.07, 6.45) is 2.32. The minimum Gasteiger partial charge on any atom is -0.460 e. The molecule has 0 heterocycles. The van der Waals surface area contributed by atoms with Crippen LogP contribution in [0.1, 0.15) is 37.7 Å². The second-order valence-corrected chi connectivity index (χ2v) is 4.14. The maximum atomic E-state index is 11.4. The van der Waals surface area contributed by atoms with Crippen molar-refractivity contribution >= 4 is 11.7 Å². The van der Waals surface area contributed by atoms with E-state index >= 15 is 0 Å². The summed E-state index contributed by atoms with van der Waals surface area (Å²) >= 11 is 0. The fraction of sp³-hybridized carbons (Fsp3) is 0.429. The molecule has 0 aliphatic carbocycles. The Kier molecular flexibility index (Phi) is 5.81. The molecule has 1 atom stereocenters. The summed E-state index contributed by atoms with van der Waals surface area (Å²) in [5.74, 6) is -0.407. The van der Waals surface area contributed by atoms with Crippen LogP contribution in [0, 0.1) is 0 Å². The highest BCUT2D eigenvalue weighted by Gasteiger charge is 2.26. The van der Waals surface area contributed by atoms with Crippen molar-refractivity contribution < 1.29 is 14.3 Å². The first-order valence-corrected chi connectivity index (χ1v) is 6.07. The SMILES string of the molecule is CCCC(CC(=[N+]=[N-])C(=O)OC)c1ccccc1. The summed E-state index contributed by atoms with van der Waals surface area (Å²) in [4.78, 5) is 14.4. The van der Waals surface area contributed by atoms with Crippen LogP contribution in [0.2, 0.25) is 0 Å². The van der Waals surface area contributed by atoms with E-state index in [-0.39, 0.29) is 11.6 Å². The van der Waals surface area contributed by atoms with Gasteiger partial charge in [0.25, 0.3) is 0 Å². The molecule has 96 valence electrons. The fourth-order valence-corrected chi connectivity index (χ4v) is 1.98. The summed E-state index contributed by atoms with van der Waals surface area (Å²) in [5.41, 5.74) is 10.1. The normalized spacial score (nSPS) is 11.4. The van der Waals surface area contributed by atoms with Gasteiger partial charge in [0.15, 0.2) is 0 Å². The summed E-state index contributed by atoms with van der Waals surface area (Å²) < 4.78 is 4.59. The quantitative estimate of drug-likeness (QED) is 0.335. The number of ether oxygens (including phenoxy) is 1. The predicted molar refractivity (Wildman–Crippen MR) is 69.4 cm³/mol. The van der Waals surface area contributed by atoms with Gasteiger partial charge in [0, 0.05) is 0 Å². The van der Waals surface area contributed by atoms with Gasteiger partial charge in [-0.15, -0.1) is 0 Å². The van der Waals surface area contributed by atoms with Crippen LogP contribution in [0.4, 0.5) is 0 Å². The number of carbonyl (C=O) groups is 1. The Bertz CT molecular complexity index is 436. The van der Waals surface area contributed by atoms with Crippen LogP contribution in [0.25, 0.3) is 5.53 Å². The summed E-state index contributed by atoms with van der Waals surface area (Å²) in [5, 5.41) is 0. The molecular formula is C14H18N2O2.